The maximum atomic E-state index is 12.2. The summed E-state index contributed by atoms with van der Waals surface area (Å²) in [6.45, 7) is 7.79. The lowest BCUT2D eigenvalue weighted by molar-refractivity contribution is -0.00697. The number of hydrogen-bond donors (Lipinski definition) is 3. The van der Waals surface area contributed by atoms with E-state index in [-0.39, 0.29) is 18.1 Å². The highest BCUT2D eigenvalue weighted by molar-refractivity contribution is 5.94. The van der Waals surface area contributed by atoms with Crippen LogP contribution in [0.25, 0.3) is 0 Å². The van der Waals surface area contributed by atoms with Gasteiger partial charge in [0.1, 0.15) is 0 Å². The summed E-state index contributed by atoms with van der Waals surface area (Å²) in [7, 11) is 0. The molecule has 1 aliphatic heterocycles. The number of fused-ring (bicyclic) bond motifs is 1. The molecule has 0 bridgehead atoms. The van der Waals surface area contributed by atoms with Crippen LogP contribution in [0.4, 0.5) is 0 Å². The van der Waals surface area contributed by atoms with Crippen molar-refractivity contribution in [3.8, 4) is 0 Å². The molecule has 1 aliphatic rings. The summed E-state index contributed by atoms with van der Waals surface area (Å²) in [5, 5.41) is 19.4. The molecule has 112 valence electrons. The van der Waals surface area contributed by atoms with Crippen molar-refractivity contribution in [2.75, 3.05) is 6.54 Å². The van der Waals surface area contributed by atoms with E-state index in [4.69, 9.17) is 4.74 Å². The van der Waals surface area contributed by atoms with Crippen molar-refractivity contribution < 1.29 is 14.6 Å². The van der Waals surface area contributed by atoms with Gasteiger partial charge in [-0.1, -0.05) is 0 Å². The van der Waals surface area contributed by atoms with Gasteiger partial charge in [0.15, 0.2) is 5.69 Å². The quantitative estimate of drug-likeness (QED) is 0.777. The van der Waals surface area contributed by atoms with Crippen LogP contribution in [-0.4, -0.2) is 39.5 Å². The van der Waals surface area contributed by atoms with Crippen molar-refractivity contribution >= 4 is 5.91 Å². The van der Waals surface area contributed by atoms with Crippen LogP contribution in [0.5, 0.6) is 0 Å². The molecule has 20 heavy (non-hydrogen) atoms. The molecule has 1 aromatic rings. The summed E-state index contributed by atoms with van der Waals surface area (Å²) in [5.41, 5.74) is 1.49. The van der Waals surface area contributed by atoms with Gasteiger partial charge in [-0.15, -0.1) is 0 Å². The Morgan fingerprint density at radius 3 is 2.90 bits per heavy atom. The molecule has 0 unspecified atom stereocenters. The number of aromatic nitrogens is 2. The normalized spacial score (nSPS) is 22.4. The minimum Gasteiger partial charge on any atom is -0.390 e. The molecule has 6 heteroatoms. The van der Waals surface area contributed by atoms with E-state index < -0.39 is 5.60 Å². The van der Waals surface area contributed by atoms with E-state index in [0.717, 1.165) is 11.3 Å². The zero-order valence-corrected chi connectivity index (χ0v) is 12.5. The predicted molar refractivity (Wildman–Crippen MR) is 74.5 cm³/mol. The number of amides is 1. The number of aliphatic hydroxyl groups is 1. The fourth-order valence-corrected chi connectivity index (χ4v) is 2.43. The fourth-order valence-electron chi connectivity index (χ4n) is 2.43. The molecular formula is C14H23N3O3. The fraction of sp³-hybridized carbons (Fsp3) is 0.714. The third-order valence-electron chi connectivity index (χ3n) is 3.47. The second-order valence-corrected chi connectivity index (χ2v) is 6.08. The van der Waals surface area contributed by atoms with Gasteiger partial charge in [-0.25, -0.2) is 0 Å². The van der Waals surface area contributed by atoms with Gasteiger partial charge in [0.25, 0.3) is 5.91 Å². The Morgan fingerprint density at radius 1 is 1.55 bits per heavy atom. The Hall–Kier alpha value is -1.40. The minimum absolute atomic E-state index is 0.0702. The first-order valence-electron chi connectivity index (χ1n) is 7.01. The molecule has 1 amide bonds. The molecule has 0 spiro atoms. The highest BCUT2D eigenvalue weighted by Crippen LogP contribution is 2.29. The summed E-state index contributed by atoms with van der Waals surface area (Å²) in [4.78, 5) is 12.2. The largest absolute Gasteiger partial charge is 0.390 e. The summed E-state index contributed by atoms with van der Waals surface area (Å²) >= 11 is 0. The van der Waals surface area contributed by atoms with E-state index in [9.17, 15) is 9.90 Å². The number of nitrogens with zero attached hydrogens (tertiary/aromatic N) is 1. The minimum atomic E-state index is -0.783. The van der Waals surface area contributed by atoms with Crippen molar-refractivity contribution in [2.24, 2.45) is 0 Å². The van der Waals surface area contributed by atoms with Crippen molar-refractivity contribution in [1.82, 2.24) is 15.5 Å². The number of H-pyrrole nitrogens is 1. The van der Waals surface area contributed by atoms with Crippen LogP contribution in [0.3, 0.4) is 0 Å². The molecule has 6 nitrogen and oxygen atoms in total. The summed E-state index contributed by atoms with van der Waals surface area (Å²) in [5.74, 6) is -0.201. The summed E-state index contributed by atoms with van der Waals surface area (Å²) in [6, 6.07) is 0. The molecule has 0 aliphatic carbocycles. The van der Waals surface area contributed by atoms with Crippen LogP contribution in [-0.2, 0) is 11.2 Å². The standard InChI is InChI=1S/C14H23N3O3/c1-8-7-10-11(9(2)20-8)16-17-12(10)13(18)15-6-5-14(3,4)19/h8-9,19H,5-7H2,1-4H3,(H,15,18)(H,16,17)/t8-,9+/m1/s1. The Bertz CT molecular complexity index is 490. The molecule has 0 saturated carbocycles. The highest BCUT2D eigenvalue weighted by atomic mass is 16.5. The molecular weight excluding hydrogens is 258 g/mol. The highest BCUT2D eigenvalue weighted by Gasteiger charge is 2.29. The van der Waals surface area contributed by atoms with Crippen LogP contribution >= 0.6 is 0 Å². The van der Waals surface area contributed by atoms with Crippen molar-refractivity contribution in [3.63, 3.8) is 0 Å². The van der Waals surface area contributed by atoms with Crippen LogP contribution in [0.15, 0.2) is 0 Å². The zero-order valence-electron chi connectivity index (χ0n) is 12.5. The lowest BCUT2D eigenvalue weighted by atomic mass is 9.99. The summed E-state index contributed by atoms with van der Waals surface area (Å²) in [6.07, 6.45) is 1.20. The number of carbonyl (C=O) groups is 1. The van der Waals surface area contributed by atoms with Crippen LogP contribution in [0, 0.1) is 0 Å². The number of hydrogen-bond acceptors (Lipinski definition) is 4. The monoisotopic (exact) mass is 281 g/mol. The Morgan fingerprint density at radius 2 is 2.25 bits per heavy atom. The smallest absolute Gasteiger partial charge is 0.272 e. The van der Waals surface area contributed by atoms with Gasteiger partial charge < -0.3 is 15.2 Å². The first-order chi connectivity index (χ1) is 9.28. The zero-order chi connectivity index (χ0) is 14.9. The molecule has 2 heterocycles. The molecule has 0 saturated heterocycles. The Balaban J connectivity index is 2.05. The van der Waals surface area contributed by atoms with Gasteiger partial charge in [0.2, 0.25) is 0 Å². The first kappa shape index (κ1) is 15.0. The molecule has 0 aromatic carbocycles. The predicted octanol–water partition coefficient (Wildman–Crippen LogP) is 1.32. The lowest BCUT2D eigenvalue weighted by Gasteiger charge is -2.25. The van der Waals surface area contributed by atoms with E-state index in [1.165, 1.54) is 0 Å². The number of rotatable bonds is 4. The van der Waals surface area contributed by atoms with E-state index in [2.05, 4.69) is 15.5 Å². The number of nitrogens with one attached hydrogen (secondary N) is 2. The van der Waals surface area contributed by atoms with Gasteiger partial charge >= 0.3 is 0 Å². The second-order valence-electron chi connectivity index (χ2n) is 6.08. The lowest BCUT2D eigenvalue weighted by Crippen LogP contribution is -2.32. The topological polar surface area (TPSA) is 87.2 Å². The number of ether oxygens (including phenoxy) is 1. The van der Waals surface area contributed by atoms with E-state index in [0.29, 0.717) is 25.1 Å². The average molecular weight is 281 g/mol. The first-order valence-corrected chi connectivity index (χ1v) is 7.01. The maximum Gasteiger partial charge on any atom is 0.272 e. The van der Waals surface area contributed by atoms with Crippen molar-refractivity contribution in [2.45, 2.75) is 58.3 Å². The van der Waals surface area contributed by atoms with Crippen LogP contribution in [0.2, 0.25) is 0 Å². The van der Waals surface area contributed by atoms with Crippen LogP contribution < -0.4 is 5.32 Å². The molecule has 3 N–H and O–H groups in total. The van der Waals surface area contributed by atoms with Gasteiger partial charge in [-0.2, -0.15) is 5.10 Å². The average Bonchev–Trinajstić information content (AvgIpc) is 2.70. The molecule has 2 atom stereocenters. The molecule has 0 fully saturated rings. The second kappa shape index (κ2) is 5.54. The van der Waals surface area contributed by atoms with Crippen molar-refractivity contribution in [1.29, 1.82) is 0 Å². The van der Waals surface area contributed by atoms with E-state index in [1.807, 2.05) is 13.8 Å². The van der Waals surface area contributed by atoms with Crippen molar-refractivity contribution in [3.05, 3.63) is 17.0 Å². The maximum absolute atomic E-state index is 12.2. The van der Waals surface area contributed by atoms with Gasteiger partial charge in [0.05, 0.1) is 23.5 Å². The van der Waals surface area contributed by atoms with Gasteiger partial charge in [-0.05, 0) is 34.1 Å². The third kappa shape index (κ3) is 3.37. The third-order valence-corrected chi connectivity index (χ3v) is 3.47. The molecule has 1 aromatic heterocycles. The molecule has 2 rings (SSSR count). The van der Waals surface area contributed by atoms with Crippen LogP contribution in [0.1, 0.15) is 62.0 Å². The molecule has 0 radical (unpaired) electrons. The van der Waals surface area contributed by atoms with E-state index >= 15 is 0 Å². The van der Waals surface area contributed by atoms with Gasteiger partial charge in [0, 0.05) is 18.5 Å². The number of aromatic amines is 1. The SMILES string of the molecule is C[C@@H]1Cc2c(C(=O)NCCC(C)(C)O)n[nH]c2[C@H](C)O1. The summed E-state index contributed by atoms with van der Waals surface area (Å²) < 4.78 is 5.70. The Kier molecular flexibility index (Phi) is 4.15. The van der Waals surface area contributed by atoms with E-state index in [1.54, 1.807) is 13.8 Å². The van der Waals surface area contributed by atoms with Gasteiger partial charge in [-0.3, -0.25) is 9.89 Å². The number of carbonyl (C=O) groups excluding carboxylic acids is 1. The Labute approximate surface area is 118 Å².